The highest BCUT2D eigenvalue weighted by molar-refractivity contribution is 5.91. The Morgan fingerprint density at radius 1 is 0.905 bits per heavy atom. The van der Waals surface area contributed by atoms with Crippen LogP contribution in [-0.2, 0) is 13.5 Å². The molecular weight excluding hydrogens is 254 g/mol. The molecule has 1 heteroatoms. The molecule has 0 atom stereocenters. The quantitative estimate of drug-likeness (QED) is 0.597. The lowest BCUT2D eigenvalue weighted by atomic mass is 9.97. The number of benzene rings is 2. The van der Waals surface area contributed by atoms with Gasteiger partial charge in [-0.3, -0.25) is 0 Å². The van der Waals surface area contributed by atoms with E-state index in [4.69, 9.17) is 0 Å². The van der Waals surface area contributed by atoms with Gasteiger partial charge in [0.2, 0.25) is 0 Å². The Morgan fingerprint density at radius 2 is 1.67 bits per heavy atom. The lowest BCUT2D eigenvalue weighted by molar-refractivity contribution is 0.946. The second kappa shape index (κ2) is 4.78. The second-order valence-corrected chi connectivity index (χ2v) is 5.53. The number of allylic oxidation sites excluding steroid dienone is 3. The summed E-state index contributed by atoms with van der Waals surface area (Å²) < 4.78 is 2.29. The molecule has 102 valence electrons. The number of hydrogen-bond acceptors (Lipinski definition) is 0. The smallest absolute Gasteiger partial charge is 0.0485 e. The van der Waals surface area contributed by atoms with Crippen LogP contribution >= 0.6 is 0 Å². The summed E-state index contributed by atoms with van der Waals surface area (Å²) in [4.78, 5) is 0. The molecule has 0 spiro atoms. The summed E-state index contributed by atoms with van der Waals surface area (Å²) in [6.07, 6.45) is 7.62. The minimum atomic E-state index is 0.980. The summed E-state index contributed by atoms with van der Waals surface area (Å²) in [7, 11) is 2.15. The zero-order valence-corrected chi connectivity index (χ0v) is 12.1. The van der Waals surface area contributed by atoms with Gasteiger partial charge in [0, 0.05) is 30.1 Å². The van der Waals surface area contributed by atoms with Crippen molar-refractivity contribution < 1.29 is 0 Å². The highest BCUT2D eigenvalue weighted by atomic mass is 14.9. The fraction of sp³-hybridized carbons (Fsp3) is 0.100. The Morgan fingerprint density at radius 3 is 2.52 bits per heavy atom. The van der Waals surface area contributed by atoms with Gasteiger partial charge in [-0.25, -0.2) is 0 Å². The van der Waals surface area contributed by atoms with Gasteiger partial charge in [-0.15, -0.1) is 0 Å². The molecule has 1 aliphatic carbocycles. The summed E-state index contributed by atoms with van der Waals surface area (Å²) >= 11 is 0. The molecule has 0 saturated heterocycles. The van der Waals surface area contributed by atoms with Gasteiger partial charge in [-0.05, 0) is 28.8 Å². The van der Waals surface area contributed by atoms with Crippen molar-refractivity contribution in [2.45, 2.75) is 6.42 Å². The Bertz CT molecular complexity index is 863. The van der Waals surface area contributed by atoms with Crippen LogP contribution in [0.25, 0.3) is 22.6 Å². The lowest BCUT2D eigenvalue weighted by Crippen LogP contribution is -1.93. The van der Waals surface area contributed by atoms with Gasteiger partial charge in [-0.2, -0.15) is 0 Å². The molecule has 0 unspecified atom stereocenters. The van der Waals surface area contributed by atoms with Crippen LogP contribution in [0.5, 0.6) is 0 Å². The van der Waals surface area contributed by atoms with Crippen LogP contribution in [0.1, 0.15) is 16.8 Å². The first-order valence-corrected chi connectivity index (χ1v) is 7.33. The minimum Gasteiger partial charge on any atom is -0.344 e. The van der Waals surface area contributed by atoms with Crippen molar-refractivity contribution in [1.82, 2.24) is 4.57 Å². The topological polar surface area (TPSA) is 4.93 Å². The molecule has 0 fully saturated rings. The number of hydrogen-bond donors (Lipinski definition) is 0. The summed E-state index contributed by atoms with van der Waals surface area (Å²) in [6.45, 7) is 0. The van der Waals surface area contributed by atoms with Gasteiger partial charge in [0.15, 0.2) is 0 Å². The van der Waals surface area contributed by atoms with Crippen molar-refractivity contribution in [3.05, 3.63) is 83.6 Å². The zero-order valence-electron chi connectivity index (χ0n) is 12.1. The molecular formula is C20H17N. The number of aromatic nitrogens is 1. The molecule has 21 heavy (non-hydrogen) atoms. The number of fused-ring (bicyclic) bond motifs is 3. The van der Waals surface area contributed by atoms with E-state index in [1.54, 1.807) is 0 Å². The largest absolute Gasteiger partial charge is 0.344 e. The molecule has 1 aliphatic rings. The van der Waals surface area contributed by atoms with Crippen LogP contribution in [-0.4, -0.2) is 4.57 Å². The third kappa shape index (κ3) is 1.93. The van der Waals surface area contributed by atoms with E-state index in [2.05, 4.69) is 84.4 Å². The van der Waals surface area contributed by atoms with Crippen LogP contribution in [0.4, 0.5) is 0 Å². The molecule has 1 aromatic heterocycles. The van der Waals surface area contributed by atoms with E-state index in [9.17, 15) is 0 Å². The highest BCUT2D eigenvalue weighted by Crippen LogP contribution is 2.32. The molecule has 4 rings (SSSR count). The zero-order chi connectivity index (χ0) is 14.2. The Kier molecular flexibility index (Phi) is 2.78. The normalized spacial score (nSPS) is 13.9. The predicted molar refractivity (Wildman–Crippen MR) is 90.1 cm³/mol. The fourth-order valence-electron chi connectivity index (χ4n) is 3.24. The molecule has 2 aromatic carbocycles. The van der Waals surface area contributed by atoms with E-state index in [1.165, 1.54) is 33.3 Å². The van der Waals surface area contributed by atoms with Crippen molar-refractivity contribution in [3.8, 4) is 0 Å². The molecule has 0 bridgehead atoms. The van der Waals surface area contributed by atoms with E-state index in [0.29, 0.717) is 0 Å². The maximum atomic E-state index is 2.29. The van der Waals surface area contributed by atoms with Crippen LogP contribution in [0.3, 0.4) is 0 Å². The number of aryl methyl sites for hydroxylation is 1. The van der Waals surface area contributed by atoms with E-state index >= 15 is 0 Å². The standard InChI is InChI=1S/C20H17N/c1-21-19-12-6-5-11-17(19)18-14-16(10-7-13-20(18)21)15-8-3-2-4-9-15/h2-13H,14H2,1H3. The first-order chi connectivity index (χ1) is 10.3. The Balaban J connectivity index is 1.90. The van der Waals surface area contributed by atoms with E-state index in [1.807, 2.05) is 0 Å². The second-order valence-electron chi connectivity index (χ2n) is 5.53. The van der Waals surface area contributed by atoms with E-state index in [-0.39, 0.29) is 0 Å². The lowest BCUT2D eigenvalue weighted by Gasteiger charge is -2.07. The van der Waals surface area contributed by atoms with Crippen LogP contribution in [0.2, 0.25) is 0 Å². The van der Waals surface area contributed by atoms with Gasteiger partial charge in [-0.1, -0.05) is 60.7 Å². The van der Waals surface area contributed by atoms with Gasteiger partial charge in [0.05, 0.1) is 0 Å². The molecule has 3 aromatic rings. The predicted octanol–water partition coefficient (Wildman–Crippen LogP) is 4.83. The molecule has 0 radical (unpaired) electrons. The summed E-state index contributed by atoms with van der Waals surface area (Å²) in [5.74, 6) is 0. The monoisotopic (exact) mass is 271 g/mol. The maximum Gasteiger partial charge on any atom is 0.0485 e. The molecule has 0 N–H and O–H groups in total. The number of nitrogens with zero attached hydrogens (tertiary/aromatic N) is 1. The average molecular weight is 271 g/mol. The van der Waals surface area contributed by atoms with Gasteiger partial charge in [0.1, 0.15) is 0 Å². The Labute approximate surface area is 124 Å². The molecule has 1 heterocycles. The molecule has 1 nitrogen and oxygen atoms in total. The van der Waals surface area contributed by atoms with Crippen molar-refractivity contribution in [1.29, 1.82) is 0 Å². The molecule has 0 saturated carbocycles. The van der Waals surface area contributed by atoms with Crippen molar-refractivity contribution in [3.63, 3.8) is 0 Å². The van der Waals surface area contributed by atoms with E-state index in [0.717, 1.165) is 6.42 Å². The first-order valence-electron chi connectivity index (χ1n) is 7.33. The summed E-state index contributed by atoms with van der Waals surface area (Å²) in [5, 5.41) is 1.36. The van der Waals surface area contributed by atoms with Crippen LogP contribution < -0.4 is 0 Å². The summed E-state index contributed by atoms with van der Waals surface area (Å²) in [5.41, 5.74) is 6.74. The van der Waals surface area contributed by atoms with Crippen molar-refractivity contribution >= 4 is 22.6 Å². The third-order valence-electron chi connectivity index (χ3n) is 4.32. The third-order valence-corrected chi connectivity index (χ3v) is 4.32. The SMILES string of the molecule is Cn1c2c(c3ccccc31)CC(c1ccccc1)=CC=C2. The minimum absolute atomic E-state index is 0.980. The molecule has 0 amide bonds. The molecule has 0 aliphatic heterocycles. The van der Waals surface area contributed by atoms with Crippen molar-refractivity contribution in [2.24, 2.45) is 7.05 Å². The van der Waals surface area contributed by atoms with Gasteiger partial charge in [0.25, 0.3) is 0 Å². The average Bonchev–Trinajstić information content (AvgIpc) is 2.70. The summed E-state index contributed by atoms with van der Waals surface area (Å²) in [6, 6.07) is 19.3. The first kappa shape index (κ1) is 12.2. The fourth-order valence-corrected chi connectivity index (χ4v) is 3.24. The maximum absolute atomic E-state index is 2.29. The van der Waals surface area contributed by atoms with E-state index < -0.39 is 0 Å². The number of para-hydroxylation sites is 1. The van der Waals surface area contributed by atoms with Crippen molar-refractivity contribution in [2.75, 3.05) is 0 Å². The van der Waals surface area contributed by atoms with Gasteiger partial charge < -0.3 is 4.57 Å². The van der Waals surface area contributed by atoms with Crippen LogP contribution in [0.15, 0.2) is 66.7 Å². The highest BCUT2D eigenvalue weighted by Gasteiger charge is 2.16. The van der Waals surface area contributed by atoms with Gasteiger partial charge >= 0.3 is 0 Å². The number of rotatable bonds is 1. The van der Waals surface area contributed by atoms with Crippen LogP contribution in [0, 0.1) is 0 Å². The Hall–Kier alpha value is -2.54.